The summed E-state index contributed by atoms with van der Waals surface area (Å²) in [6, 6.07) is 57.7. The zero-order valence-electron chi connectivity index (χ0n) is 46.7. The van der Waals surface area contributed by atoms with E-state index in [2.05, 4.69) is 259 Å². The first-order valence-corrected chi connectivity index (χ1v) is 27.5. The maximum Gasteiger partial charge on any atom is 0.252 e. The number of fused-ring (bicyclic) bond motifs is 9. The van der Waals surface area contributed by atoms with Gasteiger partial charge in [0.1, 0.15) is 0 Å². The zero-order chi connectivity index (χ0) is 52.0. The lowest BCUT2D eigenvalue weighted by molar-refractivity contribution is 0.402. The molecule has 8 aromatic carbocycles. The highest BCUT2D eigenvalue weighted by atomic mass is 15.2. The monoisotopic (exact) mass is 965 g/mol. The molecule has 5 aliphatic rings. The van der Waals surface area contributed by atoms with Gasteiger partial charge in [0.25, 0.3) is 6.71 Å². The average Bonchev–Trinajstić information content (AvgIpc) is 3.79. The highest BCUT2D eigenvalue weighted by molar-refractivity contribution is 7.00. The van der Waals surface area contributed by atoms with Gasteiger partial charge in [-0.25, -0.2) is 0 Å². The third kappa shape index (κ3) is 6.63. The van der Waals surface area contributed by atoms with E-state index in [0.717, 1.165) is 12.8 Å². The molecule has 13 rings (SSSR count). The maximum atomic E-state index is 2.71. The quantitative estimate of drug-likeness (QED) is 0.162. The van der Waals surface area contributed by atoms with E-state index < -0.39 is 0 Å². The summed E-state index contributed by atoms with van der Waals surface area (Å²) in [5, 5.41) is 0. The Morgan fingerprint density at radius 1 is 0.405 bits per heavy atom. The minimum Gasteiger partial charge on any atom is -0.311 e. The Kier molecular flexibility index (Phi) is 9.74. The maximum absolute atomic E-state index is 2.71. The van der Waals surface area contributed by atoms with Crippen LogP contribution in [0.2, 0.25) is 0 Å². The molecule has 74 heavy (non-hydrogen) atoms. The highest BCUT2D eigenvalue weighted by Gasteiger charge is 2.50. The Morgan fingerprint density at radius 2 is 0.959 bits per heavy atom. The summed E-state index contributed by atoms with van der Waals surface area (Å²) in [6.07, 6.45) is 2.23. The number of benzene rings is 8. The van der Waals surface area contributed by atoms with E-state index in [1.165, 1.54) is 134 Å². The van der Waals surface area contributed by atoms with Crippen molar-refractivity contribution in [2.45, 2.75) is 149 Å². The predicted molar refractivity (Wildman–Crippen MR) is 318 cm³/mol. The molecule has 2 heterocycles. The van der Waals surface area contributed by atoms with Gasteiger partial charge in [0, 0.05) is 39.4 Å². The van der Waals surface area contributed by atoms with Crippen LogP contribution in [0.15, 0.2) is 146 Å². The minimum atomic E-state index is -0.0924. The van der Waals surface area contributed by atoms with Crippen molar-refractivity contribution < 1.29 is 0 Å². The summed E-state index contributed by atoms with van der Waals surface area (Å²) in [5.74, 6) is 0. The van der Waals surface area contributed by atoms with Crippen LogP contribution in [-0.2, 0) is 32.5 Å². The molecular formula is C71H73BN2. The van der Waals surface area contributed by atoms with Gasteiger partial charge in [0.05, 0.1) is 5.69 Å². The van der Waals surface area contributed by atoms with Crippen molar-refractivity contribution in [3.05, 3.63) is 196 Å². The van der Waals surface area contributed by atoms with E-state index in [1.807, 2.05) is 0 Å². The van der Waals surface area contributed by atoms with E-state index in [-0.39, 0.29) is 39.2 Å². The summed E-state index contributed by atoms with van der Waals surface area (Å²) >= 11 is 0. The van der Waals surface area contributed by atoms with Gasteiger partial charge in [-0.3, -0.25) is 0 Å². The summed E-state index contributed by atoms with van der Waals surface area (Å²) in [4.78, 5) is 5.41. The summed E-state index contributed by atoms with van der Waals surface area (Å²) in [7, 11) is 0. The summed E-state index contributed by atoms with van der Waals surface area (Å²) in [6.45, 7) is 36.3. The van der Waals surface area contributed by atoms with Crippen LogP contribution in [0.25, 0.3) is 33.4 Å². The second kappa shape index (κ2) is 15.3. The molecule has 0 saturated heterocycles. The van der Waals surface area contributed by atoms with E-state index in [0.29, 0.717) is 0 Å². The third-order valence-electron chi connectivity index (χ3n) is 18.7. The first kappa shape index (κ1) is 47.2. The third-order valence-corrected chi connectivity index (χ3v) is 18.7. The van der Waals surface area contributed by atoms with Gasteiger partial charge in [-0.2, -0.15) is 0 Å². The average molecular weight is 965 g/mol. The lowest BCUT2D eigenvalue weighted by Crippen LogP contribution is -2.61. The van der Waals surface area contributed by atoms with Crippen LogP contribution in [0.1, 0.15) is 153 Å². The van der Waals surface area contributed by atoms with E-state index in [4.69, 9.17) is 0 Å². The van der Waals surface area contributed by atoms with Gasteiger partial charge in [0.2, 0.25) is 0 Å². The normalized spacial score (nSPS) is 18.3. The predicted octanol–water partition coefficient (Wildman–Crippen LogP) is 17.2. The lowest BCUT2D eigenvalue weighted by atomic mass is 9.33. The molecule has 370 valence electrons. The van der Waals surface area contributed by atoms with Crippen LogP contribution in [0.3, 0.4) is 0 Å². The molecule has 3 aliphatic carbocycles. The van der Waals surface area contributed by atoms with Gasteiger partial charge in [0.15, 0.2) is 0 Å². The van der Waals surface area contributed by atoms with Crippen LogP contribution in [0.5, 0.6) is 0 Å². The molecule has 0 N–H and O–H groups in total. The molecule has 2 nitrogen and oxygen atoms in total. The Morgan fingerprint density at radius 3 is 1.62 bits per heavy atom. The second-order valence-corrected chi connectivity index (χ2v) is 27.4. The molecule has 0 radical (unpaired) electrons. The molecule has 0 spiro atoms. The Bertz CT molecular complexity index is 3720. The molecule has 3 heteroatoms. The van der Waals surface area contributed by atoms with Crippen LogP contribution >= 0.6 is 0 Å². The molecule has 0 saturated carbocycles. The SMILES string of the molecule is Cc1cc2c3c(c1)N(c1ccc(C(C)(C)C)cc1-c1ccccc1)c1cc4c(cc1B3c1ccc(-c3cccc5c3-c3ccccc3C5(C)C)cc1N2c1cc2c(cc1C)C(C)(C)CC2(C)C)C(C)(C)CC4(C)C. The molecule has 8 aromatic rings. The van der Waals surface area contributed by atoms with Crippen LogP contribution in [-0.4, -0.2) is 6.71 Å². The molecule has 0 fully saturated rings. The Labute approximate surface area is 443 Å². The van der Waals surface area contributed by atoms with Crippen molar-refractivity contribution >= 4 is 57.2 Å². The fraction of sp³-hybridized carbons (Fsp3) is 0.324. The van der Waals surface area contributed by atoms with Crippen molar-refractivity contribution in [1.29, 1.82) is 0 Å². The highest BCUT2D eigenvalue weighted by Crippen LogP contribution is 2.57. The van der Waals surface area contributed by atoms with Gasteiger partial charge >= 0.3 is 0 Å². The van der Waals surface area contributed by atoms with Crippen LogP contribution in [0, 0.1) is 13.8 Å². The molecule has 0 aromatic heterocycles. The lowest BCUT2D eigenvalue weighted by Gasteiger charge is -2.46. The van der Waals surface area contributed by atoms with E-state index >= 15 is 0 Å². The van der Waals surface area contributed by atoms with Crippen LogP contribution < -0.4 is 26.2 Å². The van der Waals surface area contributed by atoms with Crippen molar-refractivity contribution in [1.82, 2.24) is 0 Å². The number of anilines is 6. The fourth-order valence-electron chi connectivity index (χ4n) is 15.7. The van der Waals surface area contributed by atoms with E-state index in [9.17, 15) is 0 Å². The summed E-state index contributed by atoms with van der Waals surface area (Å²) in [5.41, 5.74) is 32.2. The number of rotatable bonds is 4. The second-order valence-electron chi connectivity index (χ2n) is 27.4. The number of aryl methyl sites for hydroxylation is 2. The van der Waals surface area contributed by atoms with Crippen molar-refractivity contribution in [2.24, 2.45) is 0 Å². The molecule has 0 unspecified atom stereocenters. The van der Waals surface area contributed by atoms with Crippen LogP contribution in [0.4, 0.5) is 34.1 Å². The first-order chi connectivity index (χ1) is 34.9. The largest absolute Gasteiger partial charge is 0.311 e. The topological polar surface area (TPSA) is 6.48 Å². The standard InChI is InChI=1S/C71H73BN2/c1-42-32-62-65-63(33-42)74(59-38-54-52(34-43(59)2)67(6,7)40-69(54,10)11)60-35-45(47-25-21-27-51-64(47)48-24-19-20-26-50(48)71(51,14)15)28-30-56(60)72(65)57-37-53-55(70(12,13)41-68(53,8)9)39-61(57)73(62)58-31-29-46(66(3,4)5)36-49(58)44-22-17-16-18-23-44/h16-39H,40-41H2,1-15H3. The van der Waals surface area contributed by atoms with E-state index in [1.54, 1.807) is 0 Å². The zero-order valence-corrected chi connectivity index (χ0v) is 46.7. The van der Waals surface area contributed by atoms with Gasteiger partial charge in [-0.15, -0.1) is 0 Å². The smallest absolute Gasteiger partial charge is 0.252 e. The molecule has 0 amide bonds. The van der Waals surface area contributed by atoms with Gasteiger partial charge in [-0.1, -0.05) is 193 Å². The van der Waals surface area contributed by atoms with Crippen molar-refractivity contribution in [2.75, 3.05) is 9.80 Å². The molecular weight excluding hydrogens is 892 g/mol. The first-order valence-electron chi connectivity index (χ1n) is 27.5. The molecule has 0 bridgehead atoms. The fourth-order valence-corrected chi connectivity index (χ4v) is 15.7. The minimum absolute atomic E-state index is 0.00255. The van der Waals surface area contributed by atoms with Crippen molar-refractivity contribution in [3.63, 3.8) is 0 Å². The molecule has 2 aliphatic heterocycles. The van der Waals surface area contributed by atoms with Gasteiger partial charge < -0.3 is 9.80 Å². The number of hydrogen-bond donors (Lipinski definition) is 0. The summed E-state index contributed by atoms with van der Waals surface area (Å²) < 4.78 is 0. The molecule has 0 atom stereocenters. The van der Waals surface area contributed by atoms with Gasteiger partial charge in [-0.05, 0) is 191 Å². The number of hydrogen-bond acceptors (Lipinski definition) is 2. The van der Waals surface area contributed by atoms with Crippen molar-refractivity contribution in [3.8, 4) is 33.4 Å². The number of nitrogens with zero attached hydrogens (tertiary/aromatic N) is 2. The Balaban J connectivity index is 1.15. The Hall–Kier alpha value is -6.58.